The van der Waals surface area contributed by atoms with E-state index in [0.717, 1.165) is 25.0 Å². The summed E-state index contributed by atoms with van der Waals surface area (Å²) < 4.78 is 35.4. The Morgan fingerprint density at radius 3 is 1.30 bits per heavy atom. The molecule has 2 unspecified atom stereocenters. The largest absolute Gasteiger partial charge is 0.460 e. The fraction of sp³-hybridized carbons (Fsp3) is 0.727. The minimum Gasteiger partial charge on any atom is -0.460 e. The summed E-state index contributed by atoms with van der Waals surface area (Å²) in [5.74, 6) is -0.916. The topological polar surface area (TPSA) is 89.5 Å². The third-order valence-corrected chi connectivity index (χ3v) is 17.3. The van der Waals surface area contributed by atoms with E-state index in [-0.39, 0.29) is 24.7 Å². The van der Waals surface area contributed by atoms with E-state index < -0.39 is 37.1 Å². The first-order chi connectivity index (χ1) is 15.2. The van der Waals surface area contributed by atoms with Crippen molar-refractivity contribution in [3.63, 3.8) is 0 Å². The third-order valence-electron chi connectivity index (χ3n) is 4.94. The van der Waals surface area contributed by atoms with Gasteiger partial charge < -0.3 is 27.2 Å². The number of esters is 2. The van der Waals surface area contributed by atoms with Gasteiger partial charge in [0.1, 0.15) is 13.2 Å². The molecule has 0 aromatic carbocycles. The van der Waals surface area contributed by atoms with Crippen LogP contribution in [0.4, 0.5) is 0 Å². The summed E-state index contributed by atoms with van der Waals surface area (Å²) in [6.07, 6.45) is 3.86. The van der Waals surface area contributed by atoms with Crippen molar-refractivity contribution in [2.24, 2.45) is 0 Å². The van der Waals surface area contributed by atoms with Crippen molar-refractivity contribution in [2.45, 2.75) is 77.4 Å². The molecule has 0 N–H and O–H groups in total. The zero-order chi connectivity index (χ0) is 25.7. The average molecular weight is 521 g/mol. The first-order valence-corrected chi connectivity index (χ1v) is 20.2. The molecule has 0 aliphatic carbocycles. The molecule has 11 heteroatoms. The van der Waals surface area contributed by atoms with E-state index in [0.29, 0.717) is 13.2 Å². The molecule has 0 heterocycles. The smallest absolute Gasteiger partial charge is 0.330 e. The van der Waals surface area contributed by atoms with E-state index in [2.05, 4.69) is 66.3 Å². The number of hydrogen-bond acceptors (Lipinski definition) is 8. The molecule has 0 aliphatic rings. The summed E-state index contributed by atoms with van der Waals surface area (Å²) in [5, 5.41) is 0. The summed E-state index contributed by atoms with van der Waals surface area (Å²) in [6, 6.07) is 0. The molecule has 0 saturated carbocycles. The molecule has 8 nitrogen and oxygen atoms in total. The molecular weight excluding hydrogens is 476 g/mol. The van der Waals surface area contributed by atoms with Crippen LogP contribution in [0.2, 0.25) is 39.3 Å². The highest BCUT2D eigenvalue weighted by Crippen LogP contribution is 2.27. The molecular formula is C22H44O8Si3. The van der Waals surface area contributed by atoms with Gasteiger partial charge in [-0.1, -0.05) is 27.0 Å². The molecule has 0 aliphatic heterocycles. The maximum absolute atomic E-state index is 11.2. The van der Waals surface area contributed by atoms with Gasteiger partial charge >= 0.3 is 20.5 Å². The van der Waals surface area contributed by atoms with Gasteiger partial charge in [-0.2, -0.15) is 0 Å². The Bertz CT molecular complexity index is 585. The van der Waals surface area contributed by atoms with Gasteiger partial charge in [-0.05, 0) is 52.1 Å². The molecule has 2 atom stereocenters. The van der Waals surface area contributed by atoms with Crippen LogP contribution in [0.3, 0.4) is 0 Å². The van der Waals surface area contributed by atoms with Crippen LogP contribution in [0.1, 0.15) is 26.7 Å². The second-order valence-electron chi connectivity index (χ2n) is 9.09. The molecule has 33 heavy (non-hydrogen) atoms. The van der Waals surface area contributed by atoms with Crippen LogP contribution < -0.4 is 0 Å². The summed E-state index contributed by atoms with van der Waals surface area (Å²) in [5.41, 5.74) is -0.115. The van der Waals surface area contributed by atoms with Gasteiger partial charge in [0.05, 0.1) is 24.7 Å². The highest BCUT2D eigenvalue weighted by atomic mass is 28.5. The standard InChI is InChI=1S/C22H44O8Si3/c1-11-19(23)25-15-17-27-21(13-3)31(5,6)29-33(9,10)30-32(7,8)22(14-4)28-18-16-26-20(24)12-2/h11-12,21-22H,1-2,13-18H2,3-10H3. The molecule has 0 saturated heterocycles. The quantitative estimate of drug-likeness (QED) is 0.115. The summed E-state index contributed by atoms with van der Waals surface area (Å²) >= 11 is 0. The second-order valence-corrected chi connectivity index (χ2v) is 21.2. The first-order valence-electron chi connectivity index (χ1n) is 11.5. The SMILES string of the molecule is C=CC(=O)OCCOC(CC)[Si](C)(C)O[Si](C)(C)O[Si](C)(C)C(CC)OCCOC(=O)C=C. The van der Waals surface area contributed by atoms with Gasteiger partial charge in [-0.3, -0.25) is 0 Å². The van der Waals surface area contributed by atoms with Crippen LogP contribution >= 0.6 is 0 Å². The number of carbonyl (C=O) groups is 2. The Morgan fingerprint density at radius 2 is 1.03 bits per heavy atom. The Morgan fingerprint density at radius 1 is 0.697 bits per heavy atom. The molecule has 0 fully saturated rings. The van der Waals surface area contributed by atoms with Crippen LogP contribution in [-0.2, 0) is 36.8 Å². The summed E-state index contributed by atoms with van der Waals surface area (Å²) in [4.78, 5) is 22.4. The lowest BCUT2D eigenvalue weighted by Gasteiger charge is -2.43. The van der Waals surface area contributed by atoms with E-state index in [4.69, 9.17) is 27.2 Å². The maximum Gasteiger partial charge on any atom is 0.330 e. The summed E-state index contributed by atoms with van der Waals surface area (Å²) in [7, 11) is -7.06. The van der Waals surface area contributed by atoms with Crippen LogP contribution in [0.5, 0.6) is 0 Å². The van der Waals surface area contributed by atoms with E-state index >= 15 is 0 Å². The van der Waals surface area contributed by atoms with Gasteiger partial charge in [0.15, 0.2) is 0 Å². The normalized spacial score (nSPS) is 14.3. The minimum absolute atomic E-state index is 0.0575. The Balaban J connectivity index is 4.95. The molecule has 0 aromatic rings. The van der Waals surface area contributed by atoms with Crippen molar-refractivity contribution < 1.29 is 36.8 Å². The van der Waals surface area contributed by atoms with Crippen LogP contribution in [0.15, 0.2) is 25.3 Å². The molecule has 0 amide bonds. The van der Waals surface area contributed by atoms with E-state index in [1.165, 1.54) is 0 Å². The minimum atomic E-state index is -2.51. The zero-order valence-corrected chi connectivity index (χ0v) is 24.7. The predicted molar refractivity (Wildman–Crippen MR) is 137 cm³/mol. The zero-order valence-electron chi connectivity index (χ0n) is 21.7. The Hall–Kier alpha value is -1.09. The summed E-state index contributed by atoms with van der Waals surface area (Å²) in [6.45, 7) is 24.5. The van der Waals surface area contributed by atoms with Crippen molar-refractivity contribution >= 4 is 37.1 Å². The Labute approximate surface area is 203 Å². The van der Waals surface area contributed by atoms with Crippen molar-refractivity contribution in [2.75, 3.05) is 26.4 Å². The molecule has 0 radical (unpaired) electrons. The fourth-order valence-electron chi connectivity index (χ4n) is 3.82. The lowest BCUT2D eigenvalue weighted by molar-refractivity contribution is -0.140. The first kappa shape index (κ1) is 31.9. The highest BCUT2D eigenvalue weighted by Gasteiger charge is 2.45. The molecule has 0 aromatic heterocycles. The molecule has 0 bridgehead atoms. The molecule has 0 rings (SSSR count). The Kier molecular flexibility index (Phi) is 14.5. The lowest BCUT2D eigenvalue weighted by Crippen LogP contribution is -2.60. The van der Waals surface area contributed by atoms with Crippen LogP contribution in [0, 0.1) is 0 Å². The van der Waals surface area contributed by atoms with Crippen molar-refractivity contribution in [3.8, 4) is 0 Å². The number of ether oxygens (including phenoxy) is 4. The number of carbonyl (C=O) groups excluding carboxylic acids is 2. The van der Waals surface area contributed by atoms with E-state index in [1.54, 1.807) is 0 Å². The lowest BCUT2D eigenvalue weighted by atomic mass is 10.5. The van der Waals surface area contributed by atoms with Crippen LogP contribution in [0.25, 0.3) is 0 Å². The molecule has 192 valence electrons. The average Bonchev–Trinajstić information content (AvgIpc) is 2.70. The monoisotopic (exact) mass is 520 g/mol. The van der Waals surface area contributed by atoms with Gasteiger partial charge in [0.25, 0.3) is 0 Å². The van der Waals surface area contributed by atoms with Crippen molar-refractivity contribution in [1.82, 2.24) is 0 Å². The van der Waals surface area contributed by atoms with Crippen molar-refractivity contribution in [1.29, 1.82) is 0 Å². The third kappa shape index (κ3) is 12.8. The fourth-order valence-corrected chi connectivity index (χ4v) is 18.6. The van der Waals surface area contributed by atoms with Gasteiger partial charge in [-0.25, -0.2) is 9.59 Å². The van der Waals surface area contributed by atoms with Gasteiger partial charge in [0, 0.05) is 12.2 Å². The predicted octanol–water partition coefficient (Wildman–Crippen LogP) is 4.26. The second kappa shape index (κ2) is 15.0. The highest BCUT2D eigenvalue weighted by molar-refractivity contribution is 6.88. The van der Waals surface area contributed by atoms with E-state index in [9.17, 15) is 9.59 Å². The van der Waals surface area contributed by atoms with Gasteiger partial charge in [0.2, 0.25) is 16.6 Å². The van der Waals surface area contributed by atoms with Gasteiger partial charge in [-0.15, -0.1) is 0 Å². The number of rotatable bonds is 18. The molecule has 0 spiro atoms. The number of hydrogen-bond donors (Lipinski definition) is 0. The maximum atomic E-state index is 11.2. The van der Waals surface area contributed by atoms with Crippen molar-refractivity contribution in [3.05, 3.63) is 25.3 Å². The van der Waals surface area contributed by atoms with E-state index in [1.807, 2.05) is 0 Å². The van der Waals surface area contributed by atoms with Crippen LogP contribution in [-0.4, -0.2) is 75.0 Å².